The quantitative estimate of drug-likeness (QED) is 0.105. The minimum atomic E-state index is 0.284. The first kappa shape index (κ1) is 30.2. The Bertz CT molecular complexity index is 1290. The van der Waals surface area contributed by atoms with Gasteiger partial charge in [-0.1, -0.05) is 121 Å². The molecule has 0 aliphatic rings. The summed E-state index contributed by atoms with van der Waals surface area (Å²) in [5.41, 5.74) is 4.92. The Morgan fingerprint density at radius 2 is 0.738 bits per heavy atom. The highest BCUT2D eigenvalue weighted by molar-refractivity contribution is 8.17. The largest absolute Gasteiger partial charge is 0.467 e. The summed E-state index contributed by atoms with van der Waals surface area (Å²) in [6.07, 6.45) is 0. The Hall–Kier alpha value is -3.31. The van der Waals surface area contributed by atoms with Crippen molar-refractivity contribution in [2.75, 3.05) is 14.5 Å². The van der Waals surface area contributed by atoms with Gasteiger partial charge in [0.1, 0.15) is 0 Å². The number of aromatic nitrogens is 3. The second kappa shape index (κ2) is 16.4. The van der Waals surface area contributed by atoms with Gasteiger partial charge in [0.25, 0.3) is 11.9 Å². The van der Waals surface area contributed by atoms with E-state index in [1.165, 1.54) is 22.3 Å². The topological polar surface area (TPSA) is 54.4 Å². The molecule has 0 amide bonds. The van der Waals surface area contributed by atoms with Crippen molar-refractivity contribution in [2.24, 2.45) is 0 Å². The number of hydrogen-bond acceptors (Lipinski definition) is 10. The first-order valence-corrected chi connectivity index (χ1v) is 17.1. The highest BCUT2D eigenvalue weighted by Gasteiger charge is 2.21. The maximum atomic E-state index is 5.59. The van der Waals surface area contributed by atoms with Crippen molar-refractivity contribution in [1.29, 1.82) is 0 Å². The SMILES string of the molecule is COc1nc(N(SCc2ccccc2)SCc2ccccc2)nc(N(SCc2ccccc2)SCc2ccccc2)n1. The third-order valence-corrected chi connectivity index (χ3v) is 10.6. The monoisotopic (exact) mass is 629 g/mol. The molecule has 0 aliphatic carbocycles. The smallest absolute Gasteiger partial charge is 0.322 e. The van der Waals surface area contributed by atoms with E-state index in [-0.39, 0.29) is 6.01 Å². The summed E-state index contributed by atoms with van der Waals surface area (Å²) in [5.74, 6) is 4.21. The van der Waals surface area contributed by atoms with Gasteiger partial charge in [-0.2, -0.15) is 15.0 Å². The van der Waals surface area contributed by atoms with Crippen LogP contribution in [0.3, 0.4) is 0 Å². The molecule has 1 heterocycles. The molecule has 214 valence electrons. The Kier molecular flexibility index (Phi) is 11.7. The lowest BCUT2D eigenvalue weighted by molar-refractivity contribution is 0.379. The number of ether oxygens (including phenoxy) is 1. The predicted molar refractivity (Wildman–Crippen MR) is 182 cm³/mol. The Morgan fingerprint density at radius 3 is 1.00 bits per heavy atom. The lowest BCUT2D eigenvalue weighted by Crippen LogP contribution is -2.15. The van der Waals surface area contributed by atoms with E-state index < -0.39 is 0 Å². The van der Waals surface area contributed by atoms with E-state index in [1.807, 2.05) is 24.3 Å². The van der Waals surface area contributed by atoms with Crippen molar-refractivity contribution in [3.63, 3.8) is 0 Å². The first-order chi connectivity index (χ1) is 20.8. The van der Waals surface area contributed by atoms with Gasteiger partial charge in [0.05, 0.1) is 7.11 Å². The van der Waals surface area contributed by atoms with Gasteiger partial charge in [-0.05, 0) is 70.0 Å². The molecule has 10 heteroatoms. The van der Waals surface area contributed by atoms with Crippen LogP contribution in [0.4, 0.5) is 11.9 Å². The Labute approximate surface area is 265 Å². The summed E-state index contributed by atoms with van der Waals surface area (Å²) in [5, 5.41) is 0. The fourth-order valence-electron chi connectivity index (χ4n) is 3.73. The molecular formula is C32H31N5OS4. The molecule has 42 heavy (non-hydrogen) atoms. The second-order valence-corrected chi connectivity index (χ2v) is 13.1. The van der Waals surface area contributed by atoms with Gasteiger partial charge in [-0.3, -0.25) is 0 Å². The van der Waals surface area contributed by atoms with Crippen LogP contribution in [-0.2, 0) is 23.0 Å². The molecule has 0 spiro atoms. The predicted octanol–water partition coefficient (Wildman–Crippen LogP) is 8.89. The van der Waals surface area contributed by atoms with Crippen LogP contribution >= 0.6 is 47.8 Å². The summed E-state index contributed by atoms with van der Waals surface area (Å²) in [4.78, 5) is 14.4. The summed E-state index contributed by atoms with van der Waals surface area (Å²) in [7, 11) is 1.60. The van der Waals surface area contributed by atoms with Crippen LogP contribution in [-0.4, -0.2) is 22.1 Å². The van der Waals surface area contributed by atoms with Crippen molar-refractivity contribution < 1.29 is 4.74 Å². The number of rotatable bonds is 15. The van der Waals surface area contributed by atoms with E-state index in [1.54, 1.807) is 54.9 Å². The van der Waals surface area contributed by atoms with Crippen LogP contribution in [0.15, 0.2) is 121 Å². The van der Waals surface area contributed by atoms with Crippen LogP contribution in [0.5, 0.6) is 6.01 Å². The normalized spacial score (nSPS) is 10.8. The second-order valence-electron chi connectivity index (χ2n) is 8.97. The van der Waals surface area contributed by atoms with E-state index in [9.17, 15) is 0 Å². The van der Waals surface area contributed by atoms with Gasteiger partial charge in [0.2, 0.25) is 0 Å². The highest BCUT2D eigenvalue weighted by Crippen LogP contribution is 2.37. The van der Waals surface area contributed by atoms with E-state index in [0.29, 0.717) is 11.9 Å². The van der Waals surface area contributed by atoms with Crippen molar-refractivity contribution >= 4 is 59.7 Å². The lowest BCUT2D eigenvalue weighted by Gasteiger charge is -2.24. The fraction of sp³-hybridized carbons (Fsp3) is 0.156. The molecule has 0 saturated heterocycles. The van der Waals surface area contributed by atoms with Gasteiger partial charge in [-0.25, -0.2) is 7.42 Å². The molecule has 6 nitrogen and oxygen atoms in total. The molecule has 5 aromatic rings. The summed E-state index contributed by atoms with van der Waals surface area (Å²) in [6, 6.07) is 42.0. The van der Waals surface area contributed by atoms with Crippen molar-refractivity contribution in [3.05, 3.63) is 144 Å². The van der Waals surface area contributed by atoms with E-state index >= 15 is 0 Å². The highest BCUT2D eigenvalue weighted by atomic mass is 32.2. The molecule has 0 aliphatic heterocycles. The standard InChI is InChI=1S/C32H31N5OS4/c1-38-32-34-30(36(39-22-26-14-6-2-7-15-26)40-23-27-16-8-3-9-17-27)33-31(35-32)37(41-24-28-18-10-4-11-19-28)42-25-29-20-12-5-13-21-29/h2-21H,22-25H2,1H3. The molecular weight excluding hydrogens is 599 g/mol. The van der Waals surface area contributed by atoms with Crippen molar-refractivity contribution in [2.45, 2.75) is 23.0 Å². The number of hydrogen-bond donors (Lipinski definition) is 0. The Balaban J connectivity index is 1.42. The van der Waals surface area contributed by atoms with Crippen LogP contribution < -0.4 is 12.2 Å². The minimum absolute atomic E-state index is 0.284. The maximum absolute atomic E-state index is 5.59. The number of anilines is 2. The molecule has 1 aromatic heterocycles. The average Bonchev–Trinajstić information content (AvgIpc) is 3.06. The van der Waals surface area contributed by atoms with Crippen LogP contribution in [0, 0.1) is 0 Å². The average molecular weight is 630 g/mol. The molecule has 0 atom stereocenters. The molecule has 5 rings (SSSR count). The number of nitrogens with zero attached hydrogens (tertiary/aromatic N) is 5. The van der Waals surface area contributed by atoms with Crippen LogP contribution in [0.1, 0.15) is 22.3 Å². The van der Waals surface area contributed by atoms with Crippen molar-refractivity contribution in [1.82, 2.24) is 15.0 Å². The van der Waals surface area contributed by atoms with E-state index in [4.69, 9.17) is 19.7 Å². The molecule has 0 bridgehead atoms. The summed E-state index contributed by atoms with van der Waals surface area (Å²) >= 11 is 6.65. The van der Waals surface area contributed by atoms with Crippen LogP contribution in [0.25, 0.3) is 0 Å². The van der Waals surface area contributed by atoms with Gasteiger partial charge < -0.3 is 4.74 Å². The maximum Gasteiger partial charge on any atom is 0.322 e. The zero-order chi connectivity index (χ0) is 28.8. The van der Waals surface area contributed by atoms with E-state index in [0.717, 1.165) is 23.0 Å². The molecule has 0 N–H and O–H groups in total. The fourth-order valence-corrected chi connectivity index (χ4v) is 7.58. The summed E-state index contributed by atoms with van der Waals surface area (Å²) < 4.78 is 9.75. The lowest BCUT2D eigenvalue weighted by atomic mass is 10.2. The molecule has 4 aromatic carbocycles. The third-order valence-electron chi connectivity index (χ3n) is 5.87. The van der Waals surface area contributed by atoms with Gasteiger partial charge in [0, 0.05) is 23.0 Å². The first-order valence-electron chi connectivity index (χ1n) is 13.3. The number of benzene rings is 4. The van der Waals surface area contributed by atoms with Crippen molar-refractivity contribution in [3.8, 4) is 6.01 Å². The third kappa shape index (κ3) is 9.35. The van der Waals surface area contributed by atoms with Gasteiger partial charge >= 0.3 is 6.01 Å². The Morgan fingerprint density at radius 1 is 0.452 bits per heavy atom. The zero-order valence-electron chi connectivity index (χ0n) is 23.2. The van der Waals surface area contributed by atoms with Gasteiger partial charge in [0.15, 0.2) is 0 Å². The van der Waals surface area contributed by atoms with Gasteiger partial charge in [-0.15, -0.1) is 0 Å². The molecule has 0 radical (unpaired) electrons. The minimum Gasteiger partial charge on any atom is -0.467 e. The van der Waals surface area contributed by atoms with E-state index in [2.05, 4.69) is 104 Å². The van der Waals surface area contributed by atoms with Crippen LogP contribution in [0.2, 0.25) is 0 Å². The molecule has 0 fully saturated rings. The molecule has 0 unspecified atom stereocenters. The summed E-state index contributed by atoms with van der Waals surface area (Å²) in [6.45, 7) is 0. The zero-order valence-corrected chi connectivity index (χ0v) is 26.4. The molecule has 0 saturated carbocycles. The number of methoxy groups -OCH3 is 1.